The minimum absolute atomic E-state index is 0.117. The number of hydrogen-bond acceptors (Lipinski definition) is 4. The van der Waals surface area contributed by atoms with Crippen molar-refractivity contribution in [2.75, 3.05) is 6.79 Å². The quantitative estimate of drug-likeness (QED) is 0.876. The van der Waals surface area contributed by atoms with Crippen molar-refractivity contribution in [1.82, 2.24) is 5.32 Å². The first-order chi connectivity index (χ1) is 8.70. The van der Waals surface area contributed by atoms with E-state index in [1.807, 2.05) is 25.1 Å². The van der Waals surface area contributed by atoms with Gasteiger partial charge in [-0.2, -0.15) is 5.26 Å². The maximum atomic E-state index is 11.4. The maximum Gasteiger partial charge on any atom is 0.231 e. The molecule has 1 aromatic carbocycles. The lowest BCUT2D eigenvalue weighted by Gasteiger charge is -2.08. The van der Waals surface area contributed by atoms with Gasteiger partial charge in [0.1, 0.15) is 0 Å². The zero-order valence-electron chi connectivity index (χ0n) is 10.2. The van der Waals surface area contributed by atoms with E-state index in [0.29, 0.717) is 12.3 Å². The number of fused-ring (bicyclic) bond motifs is 1. The summed E-state index contributed by atoms with van der Waals surface area (Å²) < 4.78 is 10.6. The van der Waals surface area contributed by atoms with Gasteiger partial charge in [-0.25, -0.2) is 0 Å². The van der Waals surface area contributed by atoms with Gasteiger partial charge in [0.15, 0.2) is 11.5 Å². The molecule has 0 saturated carbocycles. The van der Waals surface area contributed by atoms with Crippen molar-refractivity contribution in [2.45, 2.75) is 26.3 Å². The highest BCUT2D eigenvalue weighted by Crippen LogP contribution is 2.34. The van der Waals surface area contributed by atoms with Crippen molar-refractivity contribution in [1.29, 1.82) is 5.26 Å². The summed E-state index contributed by atoms with van der Waals surface area (Å²) in [4.78, 5) is 11.4. The van der Waals surface area contributed by atoms with Crippen LogP contribution in [-0.4, -0.2) is 12.7 Å². The zero-order valence-corrected chi connectivity index (χ0v) is 10.2. The Hall–Kier alpha value is -2.22. The lowest BCUT2D eigenvalue weighted by atomic mass is 10.1. The highest BCUT2D eigenvalue weighted by molar-refractivity contribution is 5.76. The molecular formula is C13H14N2O3. The minimum Gasteiger partial charge on any atom is -0.454 e. The van der Waals surface area contributed by atoms with Gasteiger partial charge in [-0.15, -0.1) is 0 Å². The van der Waals surface area contributed by atoms with Crippen molar-refractivity contribution in [3.8, 4) is 17.6 Å². The molecule has 0 aliphatic carbocycles. The maximum absolute atomic E-state index is 11.4. The summed E-state index contributed by atoms with van der Waals surface area (Å²) in [5.74, 6) is 1.34. The molecule has 1 aliphatic heterocycles. The zero-order chi connectivity index (χ0) is 13.0. The number of carbonyl (C=O) groups excluding carboxylic acids is 1. The average molecular weight is 246 g/mol. The summed E-state index contributed by atoms with van der Waals surface area (Å²) in [7, 11) is 0. The molecule has 0 aromatic heterocycles. The van der Waals surface area contributed by atoms with E-state index >= 15 is 0 Å². The molecule has 1 N–H and O–H groups in total. The van der Waals surface area contributed by atoms with Crippen LogP contribution in [0.5, 0.6) is 11.5 Å². The number of hydrogen-bond donors (Lipinski definition) is 1. The Kier molecular flexibility index (Phi) is 3.68. The molecule has 5 nitrogen and oxygen atoms in total. The number of ether oxygens (including phenoxy) is 2. The fraction of sp³-hybridized carbons (Fsp3) is 0.385. The van der Waals surface area contributed by atoms with Crippen LogP contribution in [0.4, 0.5) is 0 Å². The summed E-state index contributed by atoms with van der Waals surface area (Å²) >= 11 is 0. The normalized spacial score (nSPS) is 12.0. The number of benzene rings is 1. The summed E-state index contributed by atoms with van der Waals surface area (Å²) in [6.45, 7) is 2.64. The topological polar surface area (TPSA) is 71.4 Å². The standard InChI is InChI=1S/C13H14N2O3/c1-9-5-11-12(18-8-17-11)6-10(9)7-15-13(16)3-2-4-14/h5-6H,2-3,7-8H2,1H3,(H,15,16). The molecule has 1 aromatic rings. The predicted molar refractivity (Wildman–Crippen MR) is 64.0 cm³/mol. The molecule has 94 valence electrons. The number of carbonyl (C=O) groups is 1. The molecule has 2 rings (SSSR count). The molecule has 0 unspecified atom stereocenters. The second-order valence-corrected chi connectivity index (χ2v) is 4.07. The van der Waals surface area contributed by atoms with E-state index in [2.05, 4.69) is 5.32 Å². The third-order valence-corrected chi connectivity index (χ3v) is 2.77. The highest BCUT2D eigenvalue weighted by Gasteiger charge is 2.15. The van der Waals surface area contributed by atoms with Gasteiger partial charge in [-0.1, -0.05) is 0 Å². The summed E-state index contributed by atoms with van der Waals surface area (Å²) in [5, 5.41) is 11.2. The number of nitriles is 1. The molecule has 0 radical (unpaired) electrons. The molecule has 1 amide bonds. The van der Waals surface area contributed by atoms with Gasteiger partial charge < -0.3 is 14.8 Å². The van der Waals surface area contributed by atoms with Crippen molar-refractivity contribution < 1.29 is 14.3 Å². The van der Waals surface area contributed by atoms with Gasteiger partial charge >= 0.3 is 0 Å². The summed E-state index contributed by atoms with van der Waals surface area (Å²) in [6, 6.07) is 5.72. The molecule has 18 heavy (non-hydrogen) atoms. The van der Waals surface area contributed by atoms with Gasteiger partial charge in [0.25, 0.3) is 0 Å². The van der Waals surface area contributed by atoms with E-state index in [1.165, 1.54) is 0 Å². The molecule has 1 heterocycles. The third kappa shape index (κ3) is 2.72. The average Bonchev–Trinajstić information content (AvgIpc) is 2.80. The predicted octanol–water partition coefficient (Wildman–Crippen LogP) is 1.64. The first-order valence-corrected chi connectivity index (χ1v) is 5.73. The van der Waals surface area contributed by atoms with E-state index in [9.17, 15) is 4.79 Å². The highest BCUT2D eigenvalue weighted by atomic mass is 16.7. The number of aryl methyl sites for hydroxylation is 1. The largest absolute Gasteiger partial charge is 0.454 e. The summed E-state index contributed by atoms with van der Waals surface area (Å²) in [6.07, 6.45) is 0.478. The Morgan fingerprint density at radius 1 is 1.44 bits per heavy atom. The Morgan fingerprint density at radius 3 is 2.89 bits per heavy atom. The van der Waals surface area contributed by atoms with Gasteiger partial charge in [0.2, 0.25) is 12.7 Å². The summed E-state index contributed by atoms with van der Waals surface area (Å²) in [5.41, 5.74) is 2.03. The van der Waals surface area contributed by atoms with E-state index in [0.717, 1.165) is 16.9 Å². The number of amides is 1. The van der Waals surface area contributed by atoms with Gasteiger partial charge in [-0.3, -0.25) is 4.79 Å². The van der Waals surface area contributed by atoms with Crippen LogP contribution in [0.3, 0.4) is 0 Å². The number of nitrogens with one attached hydrogen (secondary N) is 1. The van der Waals surface area contributed by atoms with Crippen LogP contribution < -0.4 is 14.8 Å². The first-order valence-electron chi connectivity index (χ1n) is 5.73. The monoisotopic (exact) mass is 246 g/mol. The Morgan fingerprint density at radius 2 is 2.17 bits per heavy atom. The van der Waals surface area contributed by atoms with E-state index in [4.69, 9.17) is 14.7 Å². The van der Waals surface area contributed by atoms with Crippen LogP contribution in [0.25, 0.3) is 0 Å². The molecule has 0 spiro atoms. The van der Waals surface area contributed by atoms with Crippen LogP contribution in [0, 0.1) is 18.3 Å². The fourth-order valence-electron chi connectivity index (χ4n) is 1.73. The molecule has 0 saturated heterocycles. The molecule has 0 atom stereocenters. The molecule has 0 bridgehead atoms. The molecule has 1 aliphatic rings. The van der Waals surface area contributed by atoms with Crippen LogP contribution in [-0.2, 0) is 11.3 Å². The molecule has 0 fully saturated rings. The molecule has 5 heteroatoms. The van der Waals surface area contributed by atoms with E-state index in [-0.39, 0.29) is 25.5 Å². The fourth-order valence-corrected chi connectivity index (χ4v) is 1.73. The van der Waals surface area contributed by atoms with Gasteiger partial charge in [-0.05, 0) is 30.2 Å². The molecular weight excluding hydrogens is 232 g/mol. The number of nitrogens with zero attached hydrogens (tertiary/aromatic N) is 1. The second kappa shape index (κ2) is 5.41. The number of rotatable bonds is 4. The second-order valence-electron chi connectivity index (χ2n) is 4.07. The van der Waals surface area contributed by atoms with Crippen LogP contribution in [0.1, 0.15) is 24.0 Å². The van der Waals surface area contributed by atoms with Gasteiger partial charge in [0.05, 0.1) is 6.07 Å². The first kappa shape index (κ1) is 12.2. The van der Waals surface area contributed by atoms with Crippen LogP contribution in [0.2, 0.25) is 0 Å². The van der Waals surface area contributed by atoms with E-state index < -0.39 is 0 Å². The lowest BCUT2D eigenvalue weighted by molar-refractivity contribution is -0.121. The lowest BCUT2D eigenvalue weighted by Crippen LogP contribution is -2.22. The van der Waals surface area contributed by atoms with Gasteiger partial charge in [0, 0.05) is 19.4 Å². The van der Waals surface area contributed by atoms with Crippen LogP contribution in [0.15, 0.2) is 12.1 Å². The van der Waals surface area contributed by atoms with Crippen molar-refractivity contribution in [3.05, 3.63) is 23.3 Å². The van der Waals surface area contributed by atoms with E-state index in [1.54, 1.807) is 0 Å². The van der Waals surface area contributed by atoms with Crippen molar-refractivity contribution >= 4 is 5.91 Å². The van der Waals surface area contributed by atoms with Crippen LogP contribution >= 0.6 is 0 Å². The van der Waals surface area contributed by atoms with Crippen molar-refractivity contribution in [3.63, 3.8) is 0 Å². The SMILES string of the molecule is Cc1cc2c(cc1CNC(=O)CCC#N)OCO2. The minimum atomic E-state index is -0.117. The Balaban J connectivity index is 1.98. The third-order valence-electron chi connectivity index (χ3n) is 2.77. The Bertz CT molecular complexity index is 506. The Labute approximate surface area is 105 Å². The van der Waals surface area contributed by atoms with Crippen molar-refractivity contribution in [2.24, 2.45) is 0 Å². The smallest absolute Gasteiger partial charge is 0.231 e.